The first-order chi connectivity index (χ1) is 11.0. The van der Waals surface area contributed by atoms with Crippen molar-refractivity contribution >= 4 is 38.8 Å². The van der Waals surface area contributed by atoms with E-state index in [4.69, 9.17) is 0 Å². The van der Waals surface area contributed by atoms with E-state index < -0.39 is 0 Å². The van der Waals surface area contributed by atoms with Crippen LogP contribution in [0.4, 0.5) is 0 Å². The average Bonchev–Trinajstić information content (AvgIpc) is 3.17. The van der Waals surface area contributed by atoms with E-state index in [0.29, 0.717) is 0 Å². The van der Waals surface area contributed by atoms with Gasteiger partial charge < -0.3 is 0 Å². The molecule has 25 heavy (non-hydrogen) atoms. The van der Waals surface area contributed by atoms with E-state index in [1.807, 2.05) is 12.2 Å². The van der Waals surface area contributed by atoms with Gasteiger partial charge in [-0.1, -0.05) is 32.3 Å². The van der Waals surface area contributed by atoms with Crippen molar-refractivity contribution in [3.05, 3.63) is 66.3 Å². The van der Waals surface area contributed by atoms with Gasteiger partial charge in [0, 0.05) is 0 Å². The number of hydrogen-bond acceptors (Lipinski definition) is 0. The van der Waals surface area contributed by atoms with E-state index in [-0.39, 0.29) is 30.2 Å². The normalized spacial score (nSPS) is 14.4. The summed E-state index contributed by atoms with van der Waals surface area (Å²) in [6, 6.07) is 13.0. The zero-order chi connectivity index (χ0) is 16.7. The summed E-state index contributed by atoms with van der Waals surface area (Å²) in [4.78, 5) is 0. The van der Waals surface area contributed by atoms with E-state index in [1.54, 1.807) is 27.4 Å². The maximum absolute atomic E-state index is 2.99. The van der Waals surface area contributed by atoms with Gasteiger partial charge in [0.15, 0.2) is 0 Å². The van der Waals surface area contributed by atoms with Gasteiger partial charge in [-0.2, -0.15) is 6.08 Å². The summed E-state index contributed by atoms with van der Waals surface area (Å²) in [5.41, 5.74) is 1.70. The third kappa shape index (κ3) is 8.25. The summed E-state index contributed by atoms with van der Waals surface area (Å²) in [5, 5.41) is 2.75. The SMILES string of the molecule is CC(C)(C)c1c[cH-]c2ccccc12.Cl.Cl.[C-]1=CC=CC1.[Zr+2]=[C]1CCC1. The van der Waals surface area contributed by atoms with Crippen molar-refractivity contribution in [1.29, 1.82) is 0 Å². The van der Waals surface area contributed by atoms with Crippen LogP contribution in [-0.4, -0.2) is 3.21 Å². The second kappa shape index (κ2) is 12.1. The predicted molar refractivity (Wildman–Crippen MR) is 113 cm³/mol. The molecule has 2 aliphatic carbocycles. The fraction of sp³-hybridized carbons (Fsp3) is 0.364. The molecule has 3 heteroatoms. The van der Waals surface area contributed by atoms with Crippen LogP contribution in [-0.2, 0) is 29.7 Å². The summed E-state index contributed by atoms with van der Waals surface area (Å²) in [7, 11) is 0. The van der Waals surface area contributed by atoms with Crippen LogP contribution in [0.3, 0.4) is 0 Å². The Hall–Kier alpha value is -0.357. The molecule has 0 bridgehead atoms. The number of fused-ring (bicyclic) bond motifs is 1. The average molecular weight is 455 g/mol. The minimum atomic E-state index is 0. The first-order valence-electron chi connectivity index (χ1n) is 8.41. The van der Waals surface area contributed by atoms with Crippen molar-refractivity contribution < 1.29 is 24.2 Å². The summed E-state index contributed by atoms with van der Waals surface area (Å²) in [6.45, 7) is 6.78. The molecule has 0 heterocycles. The van der Waals surface area contributed by atoms with Crippen molar-refractivity contribution in [3.63, 3.8) is 0 Å². The molecule has 0 unspecified atom stereocenters. The van der Waals surface area contributed by atoms with E-state index in [2.05, 4.69) is 69.3 Å². The van der Waals surface area contributed by atoms with Crippen molar-refractivity contribution in [1.82, 2.24) is 0 Å². The van der Waals surface area contributed by atoms with Gasteiger partial charge in [0.1, 0.15) is 0 Å². The first-order valence-corrected chi connectivity index (χ1v) is 9.64. The molecule has 0 aromatic heterocycles. The molecule has 0 aliphatic heterocycles. The third-order valence-corrected chi connectivity index (χ3v) is 5.26. The van der Waals surface area contributed by atoms with Crippen LogP contribution in [0.1, 0.15) is 52.0 Å². The molecule has 0 saturated heterocycles. The number of allylic oxidation sites excluding steroid dienone is 4. The Morgan fingerprint density at radius 2 is 1.72 bits per heavy atom. The molecule has 2 aromatic rings. The molecule has 0 radical (unpaired) electrons. The van der Waals surface area contributed by atoms with Gasteiger partial charge in [0.25, 0.3) is 0 Å². The Balaban J connectivity index is 0.000000400. The number of hydrogen-bond donors (Lipinski definition) is 0. The van der Waals surface area contributed by atoms with Crippen LogP contribution in [0.5, 0.6) is 0 Å². The van der Waals surface area contributed by atoms with Crippen LogP contribution in [0, 0.1) is 6.08 Å². The van der Waals surface area contributed by atoms with Crippen molar-refractivity contribution in [2.45, 2.75) is 51.9 Å². The van der Waals surface area contributed by atoms with Crippen LogP contribution in [0.25, 0.3) is 10.8 Å². The van der Waals surface area contributed by atoms with E-state index in [1.165, 1.54) is 35.6 Å². The molecule has 0 atom stereocenters. The van der Waals surface area contributed by atoms with Gasteiger partial charge in [0.05, 0.1) is 0 Å². The van der Waals surface area contributed by atoms with Crippen LogP contribution >= 0.6 is 24.8 Å². The van der Waals surface area contributed by atoms with Crippen LogP contribution < -0.4 is 0 Å². The van der Waals surface area contributed by atoms with Gasteiger partial charge in [-0.15, -0.1) is 77.9 Å². The Morgan fingerprint density at radius 1 is 1.08 bits per heavy atom. The summed E-state index contributed by atoms with van der Waals surface area (Å²) < 4.78 is 1.78. The fourth-order valence-electron chi connectivity index (χ4n) is 2.50. The first kappa shape index (κ1) is 24.6. The summed E-state index contributed by atoms with van der Waals surface area (Å²) in [5.74, 6) is 0. The summed E-state index contributed by atoms with van der Waals surface area (Å²) in [6.07, 6.45) is 14.4. The van der Waals surface area contributed by atoms with Gasteiger partial charge in [0.2, 0.25) is 0 Å². The fourth-order valence-corrected chi connectivity index (χ4v) is 3.37. The molecule has 134 valence electrons. The van der Waals surface area contributed by atoms with Gasteiger partial charge in [-0.05, 0) is 0 Å². The zero-order valence-corrected chi connectivity index (χ0v) is 19.4. The molecule has 1 fully saturated rings. The van der Waals surface area contributed by atoms with Crippen LogP contribution in [0.2, 0.25) is 0 Å². The molecular formula is C22H28Cl2Zr. The second-order valence-electron chi connectivity index (χ2n) is 7.04. The van der Waals surface area contributed by atoms with E-state index in [9.17, 15) is 0 Å². The molecule has 0 amide bonds. The molecule has 2 aliphatic rings. The maximum atomic E-state index is 2.99. The Morgan fingerprint density at radius 3 is 2.12 bits per heavy atom. The van der Waals surface area contributed by atoms with E-state index >= 15 is 0 Å². The van der Waals surface area contributed by atoms with Gasteiger partial charge in [-0.3, -0.25) is 6.08 Å². The van der Waals surface area contributed by atoms with Gasteiger partial charge >= 0.3 is 46.7 Å². The van der Waals surface area contributed by atoms with E-state index in [0.717, 1.165) is 6.42 Å². The molecule has 2 aromatic carbocycles. The molecule has 0 N–H and O–H groups in total. The van der Waals surface area contributed by atoms with Crippen molar-refractivity contribution in [2.75, 3.05) is 0 Å². The zero-order valence-electron chi connectivity index (χ0n) is 15.3. The number of benzene rings is 1. The molecule has 0 nitrogen and oxygen atoms in total. The van der Waals surface area contributed by atoms with Crippen molar-refractivity contribution in [3.8, 4) is 0 Å². The van der Waals surface area contributed by atoms with Gasteiger partial charge in [-0.25, -0.2) is 12.2 Å². The number of rotatable bonds is 0. The number of halogens is 2. The summed E-state index contributed by atoms with van der Waals surface area (Å²) >= 11 is 1.67. The molecule has 1 saturated carbocycles. The monoisotopic (exact) mass is 452 g/mol. The Kier molecular flexibility index (Phi) is 11.9. The van der Waals surface area contributed by atoms with Crippen molar-refractivity contribution in [2.24, 2.45) is 0 Å². The standard InChI is InChI=1S/C13H15.C5H5.C4H6.2ClH.Zr/c1-13(2,3)12-9-8-10-6-4-5-7-11(10)12;1-2-4-5-3-1;1-2-4-3-1;;;/h4-9H,1-3H3;1-3H,4H2;1-3H2;2*1H;/q2*-1;;;;+2. The topological polar surface area (TPSA) is 0 Å². The predicted octanol–water partition coefficient (Wildman–Crippen LogP) is 6.89. The Labute approximate surface area is 180 Å². The molecular weight excluding hydrogens is 426 g/mol. The minimum absolute atomic E-state index is 0. The Bertz CT molecular complexity index is 686. The third-order valence-electron chi connectivity index (χ3n) is 4.03. The second-order valence-corrected chi connectivity index (χ2v) is 8.78. The molecule has 4 rings (SSSR count). The van der Waals surface area contributed by atoms with Crippen LogP contribution in [0.15, 0.2) is 54.6 Å². The quantitative estimate of drug-likeness (QED) is 0.380. The molecule has 0 spiro atoms.